The Morgan fingerprint density at radius 2 is 1.88 bits per heavy atom. The lowest BCUT2D eigenvalue weighted by molar-refractivity contribution is -0.125. The Balaban J connectivity index is 2.44. The van der Waals surface area contributed by atoms with Crippen LogP contribution in [0, 0.1) is 11.8 Å². The Morgan fingerprint density at radius 1 is 1.29 bits per heavy atom. The van der Waals surface area contributed by atoms with Crippen LogP contribution in [-0.4, -0.2) is 20.7 Å². The molecule has 1 saturated carbocycles. The first-order valence-electron chi connectivity index (χ1n) is 6.80. The van der Waals surface area contributed by atoms with E-state index in [2.05, 4.69) is 33.9 Å². The summed E-state index contributed by atoms with van der Waals surface area (Å²) >= 11 is 0. The van der Waals surface area contributed by atoms with Crippen LogP contribution in [0.25, 0.3) is 0 Å². The molecule has 2 nitrogen and oxygen atoms in total. The molecular formula is C14H28O2Si. The maximum atomic E-state index is 11.7. The Labute approximate surface area is 107 Å². The number of carbonyl (C=O) groups is 1. The first-order chi connectivity index (χ1) is 7.63. The second kappa shape index (κ2) is 5.23. The fraction of sp³-hybridized carbons (Fsp3) is 0.929. The van der Waals surface area contributed by atoms with E-state index in [1.54, 1.807) is 0 Å². The number of ketones is 1. The van der Waals surface area contributed by atoms with Crippen LogP contribution in [0.5, 0.6) is 0 Å². The first kappa shape index (κ1) is 14.9. The molecule has 0 aliphatic heterocycles. The molecule has 0 bridgehead atoms. The molecule has 0 heterocycles. The third-order valence-electron chi connectivity index (χ3n) is 4.53. The van der Waals surface area contributed by atoms with Gasteiger partial charge in [0.05, 0.1) is 0 Å². The molecule has 1 rings (SSSR count). The number of Topliss-reactive ketones (excluding diaryl/α,β-unsaturated/α-hetero) is 1. The summed E-state index contributed by atoms with van der Waals surface area (Å²) < 4.78 is 6.20. The molecule has 1 aliphatic rings. The van der Waals surface area contributed by atoms with Gasteiger partial charge in [0, 0.05) is 18.9 Å². The van der Waals surface area contributed by atoms with E-state index in [9.17, 15) is 4.79 Å². The molecule has 3 heteroatoms. The summed E-state index contributed by atoms with van der Waals surface area (Å²) in [6, 6.07) is 0. The summed E-state index contributed by atoms with van der Waals surface area (Å²) in [6.45, 7) is 14.2. The first-order valence-corrected chi connectivity index (χ1v) is 9.71. The smallest absolute Gasteiger partial charge is 0.191 e. The van der Waals surface area contributed by atoms with Crippen LogP contribution in [-0.2, 0) is 9.22 Å². The highest BCUT2D eigenvalue weighted by atomic mass is 28.4. The Bertz CT molecular complexity index is 278. The lowest BCUT2D eigenvalue weighted by atomic mass is 9.82. The second-order valence-electron chi connectivity index (χ2n) is 7.09. The molecule has 0 amide bonds. The van der Waals surface area contributed by atoms with Crippen LogP contribution in [0.1, 0.15) is 47.0 Å². The van der Waals surface area contributed by atoms with Gasteiger partial charge in [0.25, 0.3) is 0 Å². The lowest BCUT2D eigenvalue weighted by Gasteiger charge is -2.38. The third kappa shape index (κ3) is 3.92. The van der Waals surface area contributed by atoms with Gasteiger partial charge < -0.3 is 4.43 Å². The maximum absolute atomic E-state index is 11.7. The molecule has 0 N–H and O–H groups in total. The maximum Gasteiger partial charge on any atom is 0.191 e. The zero-order valence-corrected chi connectivity index (χ0v) is 13.3. The van der Waals surface area contributed by atoms with E-state index in [0.29, 0.717) is 11.7 Å². The van der Waals surface area contributed by atoms with Crippen molar-refractivity contribution in [2.75, 3.05) is 6.61 Å². The van der Waals surface area contributed by atoms with Crippen LogP contribution >= 0.6 is 0 Å². The third-order valence-corrected chi connectivity index (χ3v) is 9.03. The average molecular weight is 256 g/mol. The summed E-state index contributed by atoms with van der Waals surface area (Å²) in [5, 5.41) is 0.263. The molecule has 2 atom stereocenters. The quantitative estimate of drug-likeness (QED) is 0.713. The monoisotopic (exact) mass is 256 g/mol. The minimum Gasteiger partial charge on any atom is -0.417 e. The molecule has 0 spiro atoms. The van der Waals surface area contributed by atoms with Gasteiger partial charge in [-0.1, -0.05) is 27.7 Å². The number of rotatable bonds is 3. The molecule has 0 unspecified atom stereocenters. The van der Waals surface area contributed by atoms with Crippen molar-refractivity contribution in [3.05, 3.63) is 0 Å². The summed E-state index contributed by atoms with van der Waals surface area (Å²) in [6.07, 6.45) is 2.93. The van der Waals surface area contributed by atoms with E-state index in [-0.39, 0.29) is 11.0 Å². The Kier molecular flexibility index (Phi) is 4.58. The fourth-order valence-electron chi connectivity index (χ4n) is 1.92. The standard InChI is InChI=1S/C14H28O2Si/c1-11-7-8-12(9-13(11)15)10-16-17(5,6)14(2,3)4/h11-12H,7-10H2,1-6H3/t11-,12-/m0/s1. The van der Waals surface area contributed by atoms with Gasteiger partial charge in [0.1, 0.15) is 5.78 Å². The van der Waals surface area contributed by atoms with Crippen LogP contribution < -0.4 is 0 Å². The molecular weight excluding hydrogens is 228 g/mol. The number of hydrogen-bond acceptors (Lipinski definition) is 2. The molecule has 0 saturated heterocycles. The molecule has 100 valence electrons. The van der Waals surface area contributed by atoms with Crippen LogP contribution in [0.4, 0.5) is 0 Å². The summed E-state index contributed by atoms with van der Waals surface area (Å²) in [4.78, 5) is 11.7. The highest BCUT2D eigenvalue weighted by Gasteiger charge is 2.38. The highest BCUT2D eigenvalue weighted by molar-refractivity contribution is 6.74. The molecule has 17 heavy (non-hydrogen) atoms. The van der Waals surface area contributed by atoms with Gasteiger partial charge >= 0.3 is 0 Å². The summed E-state index contributed by atoms with van der Waals surface area (Å²) in [5.74, 6) is 1.17. The molecule has 0 aromatic heterocycles. The zero-order chi connectivity index (χ0) is 13.3. The Hall–Kier alpha value is -0.153. The van der Waals surface area contributed by atoms with Gasteiger partial charge in [0.15, 0.2) is 8.32 Å². The van der Waals surface area contributed by atoms with Crippen LogP contribution in [0.3, 0.4) is 0 Å². The average Bonchev–Trinajstić information content (AvgIpc) is 2.18. The van der Waals surface area contributed by atoms with Crippen molar-refractivity contribution in [1.82, 2.24) is 0 Å². The van der Waals surface area contributed by atoms with Crippen molar-refractivity contribution in [3.63, 3.8) is 0 Å². The largest absolute Gasteiger partial charge is 0.417 e. The van der Waals surface area contributed by atoms with E-state index in [1.807, 2.05) is 6.92 Å². The van der Waals surface area contributed by atoms with Gasteiger partial charge in [-0.2, -0.15) is 0 Å². The van der Waals surface area contributed by atoms with Gasteiger partial charge in [-0.05, 0) is 36.9 Å². The van der Waals surface area contributed by atoms with Crippen molar-refractivity contribution in [2.24, 2.45) is 11.8 Å². The van der Waals surface area contributed by atoms with Crippen molar-refractivity contribution in [3.8, 4) is 0 Å². The summed E-state index contributed by atoms with van der Waals surface area (Å²) in [7, 11) is -1.64. The minimum absolute atomic E-state index is 0.263. The van der Waals surface area contributed by atoms with Crippen molar-refractivity contribution in [2.45, 2.75) is 65.1 Å². The van der Waals surface area contributed by atoms with Gasteiger partial charge in [0.2, 0.25) is 0 Å². The van der Waals surface area contributed by atoms with Gasteiger partial charge in [-0.15, -0.1) is 0 Å². The fourth-order valence-corrected chi connectivity index (χ4v) is 3.00. The predicted molar refractivity (Wildman–Crippen MR) is 74.7 cm³/mol. The number of carbonyl (C=O) groups excluding carboxylic acids is 1. The summed E-state index contributed by atoms with van der Waals surface area (Å²) in [5.41, 5.74) is 0. The van der Waals surface area contributed by atoms with Crippen molar-refractivity contribution < 1.29 is 9.22 Å². The van der Waals surface area contributed by atoms with Crippen LogP contribution in [0.2, 0.25) is 18.1 Å². The molecule has 1 fully saturated rings. The van der Waals surface area contributed by atoms with Gasteiger partial charge in [-0.25, -0.2) is 0 Å². The van der Waals surface area contributed by atoms with E-state index < -0.39 is 8.32 Å². The van der Waals surface area contributed by atoms with E-state index in [0.717, 1.165) is 25.9 Å². The Morgan fingerprint density at radius 3 is 2.35 bits per heavy atom. The van der Waals surface area contributed by atoms with E-state index in [1.165, 1.54) is 0 Å². The highest BCUT2D eigenvalue weighted by Crippen LogP contribution is 2.37. The normalized spacial score (nSPS) is 27.3. The molecule has 0 radical (unpaired) electrons. The number of hydrogen-bond donors (Lipinski definition) is 0. The predicted octanol–water partition coefficient (Wildman–Crippen LogP) is 4.01. The molecule has 0 aromatic carbocycles. The van der Waals surface area contributed by atoms with Crippen LogP contribution in [0.15, 0.2) is 0 Å². The molecule has 1 aliphatic carbocycles. The lowest BCUT2D eigenvalue weighted by Crippen LogP contribution is -2.42. The van der Waals surface area contributed by atoms with Crippen molar-refractivity contribution >= 4 is 14.1 Å². The van der Waals surface area contributed by atoms with Crippen molar-refractivity contribution in [1.29, 1.82) is 0 Å². The van der Waals surface area contributed by atoms with E-state index in [4.69, 9.17) is 4.43 Å². The topological polar surface area (TPSA) is 26.3 Å². The van der Waals surface area contributed by atoms with E-state index >= 15 is 0 Å². The minimum atomic E-state index is -1.64. The second-order valence-corrected chi connectivity index (χ2v) is 11.9. The molecule has 0 aromatic rings. The van der Waals surface area contributed by atoms with Gasteiger partial charge in [-0.3, -0.25) is 4.79 Å². The SMILES string of the molecule is C[C@H]1CC[C@H](CO[Si](C)(C)C(C)(C)C)CC1=O. The zero-order valence-electron chi connectivity index (χ0n) is 12.3.